The van der Waals surface area contributed by atoms with Gasteiger partial charge in [0.15, 0.2) is 0 Å². The molecular formula is C20H15FN2O. The zero-order valence-corrected chi connectivity index (χ0v) is 13.1. The number of aromatic nitrogens is 1. The maximum absolute atomic E-state index is 13.0. The fraction of sp³-hybridized carbons (Fsp3) is 0.0500. The maximum Gasteiger partial charge on any atom is 0.255 e. The average Bonchev–Trinajstić information content (AvgIpc) is 2.88. The molecule has 4 aromatic rings. The molecule has 0 spiro atoms. The van der Waals surface area contributed by atoms with Crippen molar-refractivity contribution < 1.29 is 9.18 Å². The van der Waals surface area contributed by atoms with Gasteiger partial charge >= 0.3 is 0 Å². The van der Waals surface area contributed by atoms with Crippen LogP contribution >= 0.6 is 0 Å². The van der Waals surface area contributed by atoms with Crippen LogP contribution in [0.15, 0.2) is 66.7 Å². The molecule has 0 unspecified atom stereocenters. The molecule has 3 nitrogen and oxygen atoms in total. The van der Waals surface area contributed by atoms with Crippen molar-refractivity contribution in [1.82, 2.24) is 4.57 Å². The molecule has 0 aliphatic carbocycles. The van der Waals surface area contributed by atoms with Crippen LogP contribution in [0, 0.1) is 5.82 Å². The normalized spacial score (nSPS) is 11.1. The highest BCUT2D eigenvalue weighted by atomic mass is 19.1. The number of nitrogens with one attached hydrogen (secondary N) is 1. The van der Waals surface area contributed by atoms with E-state index in [9.17, 15) is 9.18 Å². The molecule has 1 aromatic heterocycles. The van der Waals surface area contributed by atoms with Crippen molar-refractivity contribution in [3.63, 3.8) is 0 Å². The van der Waals surface area contributed by atoms with Gasteiger partial charge in [0, 0.05) is 40.1 Å². The molecule has 0 bridgehead atoms. The van der Waals surface area contributed by atoms with Gasteiger partial charge in [-0.3, -0.25) is 4.79 Å². The Morgan fingerprint density at radius 1 is 0.917 bits per heavy atom. The minimum atomic E-state index is -0.358. The van der Waals surface area contributed by atoms with Crippen LogP contribution in [-0.4, -0.2) is 10.5 Å². The minimum absolute atomic E-state index is 0.255. The Kier molecular flexibility index (Phi) is 3.31. The number of carbonyl (C=O) groups excluding carboxylic acids is 1. The first-order valence-corrected chi connectivity index (χ1v) is 7.67. The summed E-state index contributed by atoms with van der Waals surface area (Å²) in [6.45, 7) is 0. The summed E-state index contributed by atoms with van der Waals surface area (Å²) in [6, 6.07) is 19.5. The molecule has 4 heteroatoms. The second-order valence-corrected chi connectivity index (χ2v) is 5.77. The zero-order valence-electron chi connectivity index (χ0n) is 13.1. The predicted octanol–water partition coefficient (Wildman–Crippen LogP) is 4.72. The molecule has 0 saturated heterocycles. The summed E-state index contributed by atoms with van der Waals surface area (Å²) in [6.07, 6.45) is 0. The molecule has 0 aliphatic heterocycles. The topological polar surface area (TPSA) is 34.0 Å². The van der Waals surface area contributed by atoms with Crippen LogP contribution in [0.5, 0.6) is 0 Å². The number of rotatable bonds is 2. The third kappa shape index (κ3) is 2.33. The van der Waals surface area contributed by atoms with Crippen molar-refractivity contribution in [3.05, 3.63) is 78.1 Å². The Morgan fingerprint density at radius 2 is 1.62 bits per heavy atom. The van der Waals surface area contributed by atoms with Gasteiger partial charge in [0.05, 0.1) is 0 Å². The number of para-hydroxylation sites is 1. The molecule has 0 fully saturated rings. The van der Waals surface area contributed by atoms with Gasteiger partial charge < -0.3 is 9.88 Å². The van der Waals surface area contributed by atoms with E-state index in [2.05, 4.69) is 22.0 Å². The van der Waals surface area contributed by atoms with Crippen LogP contribution in [0.25, 0.3) is 21.8 Å². The van der Waals surface area contributed by atoms with E-state index in [-0.39, 0.29) is 11.7 Å². The summed E-state index contributed by atoms with van der Waals surface area (Å²) in [5.74, 6) is -0.613. The molecular weight excluding hydrogens is 303 g/mol. The number of hydrogen-bond acceptors (Lipinski definition) is 1. The molecule has 1 amide bonds. The minimum Gasteiger partial charge on any atom is -0.344 e. The molecule has 1 heterocycles. The number of hydrogen-bond donors (Lipinski definition) is 1. The van der Waals surface area contributed by atoms with Crippen LogP contribution < -0.4 is 5.32 Å². The van der Waals surface area contributed by atoms with Gasteiger partial charge in [-0.25, -0.2) is 4.39 Å². The SMILES string of the molecule is Cn1c2ccccc2c2cc(NC(=O)c3ccc(F)cc3)ccc21. The van der Waals surface area contributed by atoms with Gasteiger partial charge in [0.2, 0.25) is 0 Å². The van der Waals surface area contributed by atoms with Gasteiger partial charge in [0.1, 0.15) is 5.82 Å². The number of halogens is 1. The lowest BCUT2D eigenvalue weighted by molar-refractivity contribution is 0.102. The average molecular weight is 318 g/mol. The lowest BCUT2D eigenvalue weighted by Gasteiger charge is -2.06. The number of amides is 1. The first-order chi connectivity index (χ1) is 11.6. The van der Waals surface area contributed by atoms with Gasteiger partial charge in [0.25, 0.3) is 5.91 Å². The van der Waals surface area contributed by atoms with Crippen LogP contribution in [0.4, 0.5) is 10.1 Å². The molecule has 118 valence electrons. The molecule has 0 radical (unpaired) electrons. The molecule has 0 aliphatic rings. The second kappa shape index (κ2) is 5.49. The number of carbonyl (C=O) groups is 1. The second-order valence-electron chi connectivity index (χ2n) is 5.77. The van der Waals surface area contributed by atoms with Crippen molar-refractivity contribution >= 4 is 33.4 Å². The predicted molar refractivity (Wildman–Crippen MR) is 94.8 cm³/mol. The highest BCUT2D eigenvalue weighted by Crippen LogP contribution is 2.30. The quantitative estimate of drug-likeness (QED) is 0.570. The molecule has 3 aromatic carbocycles. The number of benzene rings is 3. The number of aryl methyl sites for hydroxylation is 1. The van der Waals surface area contributed by atoms with Crippen molar-refractivity contribution in [1.29, 1.82) is 0 Å². The summed E-state index contributed by atoms with van der Waals surface area (Å²) >= 11 is 0. The number of fused-ring (bicyclic) bond motifs is 3. The Bertz CT molecular complexity index is 1060. The van der Waals surface area contributed by atoms with Crippen LogP contribution in [0.3, 0.4) is 0 Å². The first kappa shape index (κ1) is 14.5. The molecule has 4 rings (SSSR count). The Morgan fingerprint density at radius 3 is 2.42 bits per heavy atom. The van der Waals surface area contributed by atoms with Crippen molar-refractivity contribution in [2.45, 2.75) is 0 Å². The molecule has 24 heavy (non-hydrogen) atoms. The Labute approximate surface area is 138 Å². The lowest BCUT2D eigenvalue weighted by Crippen LogP contribution is -2.11. The van der Waals surface area contributed by atoms with E-state index in [0.717, 1.165) is 21.8 Å². The molecule has 1 N–H and O–H groups in total. The largest absolute Gasteiger partial charge is 0.344 e. The monoisotopic (exact) mass is 318 g/mol. The van der Waals surface area contributed by atoms with Gasteiger partial charge in [-0.15, -0.1) is 0 Å². The van der Waals surface area contributed by atoms with E-state index < -0.39 is 0 Å². The Hall–Kier alpha value is -3.14. The summed E-state index contributed by atoms with van der Waals surface area (Å²) in [5, 5.41) is 5.11. The molecule has 0 atom stereocenters. The van der Waals surface area contributed by atoms with E-state index in [1.807, 2.05) is 37.4 Å². The maximum atomic E-state index is 13.0. The zero-order chi connectivity index (χ0) is 16.7. The number of nitrogens with zero attached hydrogens (tertiary/aromatic N) is 1. The van der Waals surface area contributed by atoms with E-state index in [0.29, 0.717) is 11.3 Å². The van der Waals surface area contributed by atoms with E-state index >= 15 is 0 Å². The highest BCUT2D eigenvalue weighted by molar-refractivity contribution is 6.11. The van der Waals surface area contributed by atoms with Crippen molar-refractivity contribution in [3.8, 4) is 0 Å². The third-order valence-electron chi connectivity index (χ3n) is 4.28. The van der Waals surface area contributed by atoms with Crippen LogP contribution in [-0.2, 0) is 7.05 Å². The fourth-order valence-electron chi connectivity index (χ4n) is 3.05. The van der Waals surface area contributed by atoms with Crippen LogP contribution in [0.2, 0.25) is 0 Å². The summed E-state index contributed by atoms with van der Waals surface area (Å²) in [7, 11) is 2.03. The van der Waals surface area contributed by atoms with E-state index in [1.165, 1.54) is 24.3 Å². The smallest absolute Gasteiger partial charge is 0.255 e. The van der Waals surface area contributed by atoms with Gasteiger partial charge in [-0.2, -0.15) is 0 Å². The summed E-state index contributed by atoms with van der Waals surface area (Å²) in [4.78, 5) is 12.3. The van der Waals surface area contributed by atoms with Crippen molar-refractivity contribution in [2.75, 3.05) is 5.32 Å². The van der Waals surface area contributed by atoms with Crippen LogP contribution in [0.1, 0.15) is 10.4 Å². The summed E-state index contributed by atoms with van der Waals surface area (Å²) in [5.41, 5.74) is 3.40. The molecule has 0 saturated carbocycles. The lowest BCUT2D eigenvalue weighted by atomic mass is 10.1. The van der Waals surface area contributed by atoms with Gasteiger partial charge in [-0.05, 0) is 48.5 Å². The number of anilines is 1. The van der Waals surface area contributed by atoms with Crippen molar-refractivity contribution in [2.24, 2.45) is 7.05 Å². The fourth-order valence-corrected chi connectivity index (χ4v) is 3.05. The Balaban J connectivity index is 1.74. The first-order valence-electron chi connectivity index (χ1n) is 7.67. The summed E-state index contributed by atoms with van der Waals surface area (Å²) < 4.78 is 15.1. The standard InChI is InChI=1S/C20H15FN2O/c1-23-18-5-3-2-4-16(18)17-12-15(10-11-19(17)23)22-20(24)13-6-8-14(21)9-7-13/h2-12H,1H3,(H,22,24). The third-order valence-corrected chi connectivity index (χ3v) is 4.28. The highest BCUT2D eigenvalue weighted by Gasteiger charge is 2.10. The van der Waals surface area contributed by atoms with Gasteiger partial charge in [-0.1, -0.05) is 18.2 Å². The van der Waals surface area contributed by atoms with E-state index in [1.54, 1.807) is 0 Å². The van der Waals surface area contributed by atoms with E-state index in [4.69, 9.17) is 0 Å².